The number of hydrogen-bond acceptors (Lipinski definition) is 3. The van der Waals surface area contributed by atoms with Gasteiger partial charge in [-0.2, -0.15) is 0 Å². The van der Waals surface area contributed by atoms with Gasteiger partial charge in [-0.1, -0.05) is 13.8 Å². The molecule has 0 bridgehead atoms. The van der Waals surface area contributed by atoms with Gasteiger partial charge >= 0.3 is 0 Å². The van der Waals surface area contributed by atoms with Crippen LogP contribution in [0.4, 0.5) is 0 Å². The molecule has 2 rings (SSSR count). The standard InChI is InChI=1S/C16H23NO2S/c1-12(2)10-17(13-4-5-13)16(18)11-20-15-8-6-14(19-3)7-9-15/h6-9,12-13H,4-5,10-11H2,1-3H3. The van der Waals surface area contributed by atoms with E-state index in [4.69, 9.17) is 4.74 Å². The molecule has 0 N–H and O–H groups in total. The predicted molar refractivity (Wildman–Crippen MR) is 83.3 cm³/mol. The van der Waals surface area contributed by atoms with Crippen molar-refractivity contribution in [2.24, 2.45) is 5.92 Å². The van der Waals surface area contributed by atoms with Crippen LogP contribution >= 0.6 is 11.8 Å². The van der Waals surface area contributed by atoms with Crippen LogP contribution in [0.5, 0.6) is 5.75 Å². The summed E-state index contributed by atoms with van der Waals surface area (Å²) in [6, 6.07) is 8.36. The number of amides is 1. The van der Waals surface area contributed by atoms with Crippen LogP contribution < -0.4 is 4.74 Å². The van der Waals surface area contributed by atoms with Crippen molar-refractivity contribution in [1.29, 1.82) is 0 Å². The fourth-order valence-electron chi connectivity index (χ4n) is 2.13. The summed E-state index contributed by atoms with van der Waals surface area (Å²) in [5, 5.41) is 0. The van der Waals surface area contributed by atoms with Crippen LogP contribution in [-0.4, -0.2) is 36.3 Å². The Hall–Kier alpha value is -1.16. The minimum Gasteiger partial charge on any atom is -0.497 e. The molecule has 0 saturated heterocycles. The zero-order valence-corrected chi connectivity index (χ0v) is 13.3. The van der Waals surface area contributed by atoms with E-state index in [0.29, 0.717) is 17.7 Å². The first-order valence-electron chi connectivity index (χ1n) is 7.16. The van der Waals surface area contributed by atoms with Crippen LogP contribution in [0.1, 0.15) is 26.7 Å². The highest BCUT2D eigenvalue weighted by Crippen LogP contribution is 2.29. The van der Waals surface area contributed by atoms with Crippen molar-refractivity contribution in [1.82, 2.24) is 4.90 Å². The third kappa shape index (κ3) is 4.44. The highest BCUT2D eigenvalue weighted by molar-refractivity contribution is 8.00. The number of thioether (sulfide) groups is 1. The molecule has 20 heavy (non-hydrogen) atoms. The third-order valence-corrected chi connectivity index (χ3v) is 4.29. The van der Waals surface area contributed by atoms with Gasteiger partial charge in [0.1, 0.15) is 5.75 Å². The summed E-state index contributed by atoms with van der Waals surface area (Å²) < 4.78 is 5.13. The largest absolute Gasteiger partial charge is 0.497 e. The Morgan fingerprint density at radius 2 is 2.00 bits per heavy atom. The number of benzene rings is 1. The zero-order valence-electron chi connectivity index (χ0n) is 12.5. The summed E-state index contributed by atoms with van der Waals surface area (Å²) in [5.74, 6) is 2.17. The van der Waals surface area contributed by atoms with Crippen LogP contribution in [0.25, 0.3) is 0 Å². The summed E-state index contributed by atoms with van der Waals surface area (Å²) in [5.41, 5.74) is 0. The molecule has 110 valence electrons. The van der Waals surface area contributed by atoms with Crippen molar-refractivity contribution in [2.45, 2.75) is 37.6 Å². The first kappa shape index (κ1) is 15.2. The first-order chi connectivity index (χ1) is 9.60. The monoisotopic (exact) mass is 293 g/mol. The molecule has 1 aliphatic rings. The zero-order chi connectivity index (χ0) is 14.5. The van der Waals surface area contributed by atoms with Gasteiger partial charge in [0.25, 0.3) is 0 Å². The van der Waals surface area contributed by atoms with Crippen LogP contribution in [-0.2, 0) is 4.79 Å². The number of carbonyl (C=O) groups is 1. The predicted octanol–water partition coefficient (Wildman–Crippen LogP) is 3.43. The lowest BCUT2D eigenvalue weighted by molar-refractivity contribution is -0.129. The molecule has 0 heterocycles. The van der Waals surface area contributed by atoms with Crippen LogP contribution in [0.15, 0.2) is 29.2 Å². The number of carbonyl (C=O) groups excluding carboxylic acids is 1. The van der Waals surface area contributed by atoms with E-state index in [1.807, 2.05) is 24.3 Å². The van der Waals surface area contributed by atoms with Crippen molar-refractivity contribution in [3.63, 3.8) is 0 Å². The minimum atomic E-state index is 0.266. The van der Waals surface area contributed by atoms with Crippen molar-refractivity contribution in [3.8, 4) is 5.75 Å². The summed E-state index contributed by atoms with van der Waals surface area (Å²) in [7, 11) is 1.66. The number of nitrogens with zero attached hydrogens (tertiary/aromatic N) is 1. The molecule has 0 atom stereocenters. The molecule has 3 nitrogen and oxygen atoms in total. The molecule has 1 amide bonds. The molecular formula is C16H23NO2S. The van der Waals surface area contributed by atoms with Gasteiger partial charge in [0.2, 0.25) is 5.91 Å². The molecular weight excluding hydrogens is 270 g/mol. The average molecular weight is 293 g/mol. The normalized spacial score (nSPS) is 14.4. The van der Waals surface area contributed by atoms with Gasteiger partial charge in [-0.3, -0.25) is 4.79 Å². The fourth-order valence-corrected chi connectivity index (χ4v) is 2.92. The minimum absolute atomic E-state index is 0.266. The summed E-state index contributed by atoms with van der Waals surface area (Å²) in [4.78, 5) is 15.5. The molecule has 0 aliphatic heterocycles. The SMILES string of the molecule is COc1ccc(SCC(=O)N(CC(C)C)C2CC2)cc1. The molecule has 1 aliphatic carbocycles. The van der Waals surface area contributed by atoms with Gasteiger partial charge in [0.05, 0.1) is 12.9 Å². The fraction of sp³-hybridized carbons (Fsp3) is 0.562. The van der Waals surface area contributed by atoms with Crippen molar-refractivity contribution in [3.05, 3.63) is 24.3 Å². The molecule has 4 heteroatoms. The summed E-state index contributed by atoms with van der Waals surface area (Å²) in [6.07, 6.45) is 2.34. The van der Waals surface area contributed by atoms with E-state index in [2.05, 4.69) is 18.7 Å². The Morgan fingerprint density at radius 3 is 2.50 bits per heavy atom. The lowest BCUT2D eigenvalue weighted by Crippen LogP contribution is -2.37. The van der Waals surface area contributed by atoms with Crippen LogP contribution in [0.2, 0.25) is 0 Å². The number of ether oxygens (including phenoxy) is 1. The molecule has 0 spiro atoms. The molecule has 0 aromatic heterocycles. The summed E-state index contributed by atoms with van der Waals surface area (Å²) >= 11 is 1.60. The highest BCUT2D eigenvalue weighted by atomic mass is 32.2. The Labute approximate surface area is 125 Å². The molecule has 1 saturated carbocycles. The van der Waals surface area contributed by atoms with Gasteiger partial charge in [0, 0.05) is 17.5 Å². The van der Waals surface area contributed by atoms with E-state index in [0.717, 1.165) is 17.2 Å². The van der Waals surface area contributed by atoms with Gasteiger partial charge < -0.3 is 9.64 Å². The second kappa shape index (κ2) is 7.02. The quantitative estimate of drug-likeness (QED) is 0.721. The second-order valence-electron chi connectivity index (χ2n) is 5.64. The Bertz CT molecular complexity index is 440. The van der Waals surface area contributed by atoms with Gasteiger partial charge in [-0.25, -0.2) is 0 Å². The van der Waals surface area contributed by atoms with Crippen LogP contribution in [0, 0.1) is 5.92 Å². The Kier molecular flexibility index (Phi) is 5.35. The number of rotatable bonds is 7. The lowest BCUT2D eigenvalue weighted by Gasteiger charge is -2.24. The topological polar surface area (TPSA) is 29.5 Å². The maximum absolute atomic E-state index is 12.3. The smallest absolute Gasteiger partial charge is 0.233 e. The maximum Gasteiger partial charge on any atom is 0.233 e. The van der Waals surface area contributed by atoms with E-state index < -0.39 is 0 Å². The second-order valence-corrected chi connectivity index (χ2v) is 6.68. The van der Waals surface area contributed by atoms with Gasteiger partial charge in [-0.15, -0.1) is 11.8 Å². The molecule has 1 aromatic carbocycles. The Balaban J connectivity index is 1.86. The molecule has 1 aromatic rings. The molecule has 1 fully saturated rings. The summed E-state index contributed by atoms with van der Waals surface area (Å²) in [6.45, 7) is 5.21. The first-order valence-corrected chi connectivity index (χ1v) is 8.15. The molecule has 0 unspecified atom stereocenters. The maximum atomic E-state index is 12.3. The van der Waals surface area contributed by atoms with E-state index in [1.165, 1.54) is 12.8 Å². The number of hydrogen-bond donors (Lipinski definition) is 0. The van der Waals surface area contributed by atoms with E-state index in [9.17, 15) is 4.79 Å². The number of methoxy groups -OCH3 is 1. The van der Waals surface area contributed by atoms with Crippen molar-refractivity contribution in [2.75, 3.05) is 19.4 Å². The van der Waals surface area contributed by atoms with E-state index in [1.54, 1.807) is 18.9 Å². The van der Waals surface area contributed by atoms with Crippen molar-refractivity contribution >= 4 is 17.7 Å². The average Bonchev–Trinajstić information content (AvgIpc) is 3.27. The van der Waals surface area contributed by atoms with E-state index in [-0.39, 0.29) is 5.91 Å². The highest BCUT2D eigenvalue weighted by Gasteiger charge is 2.32. The van der Waals surface area contributed by atoms with Crippen molar-refractivity contribution < 1.29 is 9.53 Å². The van der Waals surface area contributed by atoms with Gasteiger partial charge in [-0.05, 0) is 43.0 Å². The third-order valence-electron chi connectivity index (χ3n) is 3.29. The molecule has 0 radical (unpaired) electrons. The Morgan fingerprint density at radius 1 is 1.35 bits per heavy atom. The van der Waals surface area contributed by atoms with E-state index >= 15 is 0 Å². The lowest BCUT2D eigenvalue weighted by atomic mass is 10.2. The van der Waals surface area contributed by atoms with Crippen LogP contribution in [0.3, 0.4) is 0 Å². The van der Waals surface area contributed by atoms with Gasteiger partial charge in [0.15, 0.2) is 0 Å².